The topological polar surface area (TPSA) is 34.1 Å². The summed E-state index contributed by atoms with van der Waals surface area (Å²) < 4.78 is 2.30. The number of hydrogen-bond acceptors (Lipinski definition) is 5. The average molecular weight is 417 g/mol. The first-order valence-electron chi connectivity index (χ1n) is 10.2. The van der Waals surface area contributed by atoms with Crippen LogP contribution in [-0.4, -0.2) is 11.6 Å². The Balaban J connectivity index is 1.39. The van der Waals surface area contributed by atoms with E-state index >= 15 is 0 Å². The van der Waals surface area contributed by atoms with Gasteiger partial charge in [0.25, 0.3) is 0 Å². The molecule has 0 spiro atoms. The van der Waals surface area contributed by atoms with Gasteiger partial charge in [-0.25, -0.2) is 0 Å². The number of ketones is 2. The second kappa shape index (κ2) is 7.64. The molecule has 0 radical (unpaired) electrons. The van der Waals surface area contributed by atoms with Gasteiger partial charge in [-0.3, -0.25) is 9.59 Å². The van der Waals surface area contributed by atoms with Crippen molar-refractivity contribution in [2.24, 2.45) is 0 Å². The first-order valence-corrected chi connectivity index (χ1v) is 13.2. The van der Waals surface area contributed by atoms with Gasteiger partial charge in [-0.05, 0) is 110 Å². The largest absolute Gasteiger partial charge is 0.289 e. The van der Waals surface area contributed by atoms with Crippen LogP contribution in [-0.2, 0) is 9.59 Å². The molecule has 1 aliphatic heterocycles. The van der Waals surface area contributed by atoms with Gasteiger partial charge in [-0.1, -0.05) is 22.9 Å². The second-order valence-electron chi connectivity index (χ2n) is 8.04. The predicted molar refractivity (Wildman–Crippen MR) is 116 cm³/mol. The number of Topliss-reactive ketones (excluding diaryl/α,β-unsaturated/α-hetero) is 2. The molecule has 2 nitrogen and oxygen atoms in total. The molecule has 4 saturated carbocycles. The highest BCUT2D eigenvalue weighted by Gasteiger charge is 2.36. The Labute approximate surface area is 173 Å². The van der Waals surface area contributed by atoms with E-state index in [4.69, 9.17) is 0 Å². The van der Waals surface area contributed by atoms with Crippen molar-refractivity contribution >= 4 is 44.9 Å². The minimum atomic E-state index is 0.306. The van der Waals surface area contributed by atoms with E-state index < -0.39 is 0 Å². The second-order valence-corrected chi connectivity index (χ2v) is 11.7. The standard InChI is InChI=1S/C22H24O2S3/c23-19-15(13-5-1-2-6-13)9-11-17(19)21-25-22(27-26-21)18-12-10-16(20(18)24)14-7-3-4-8-14/h1-12H2/b21-17-,22-18-. The molecular formula is C22H24O2S3. The van der Waals surface area contributed by atoms with Gasteiger partial charge in [-0.2, -0.15) is 0 Å². The van der Waals surface area contributed by atoms with E-state index in [0.29, 0.717) is 11.6 Å². The van der Waals surface area contributed by atoms with E-state index in [1.165, 1.54) is 36.8 Å². The average Bonchev–Trinajstić information content (AvgIpc) is 3.46. The summed E-state index contributed by atoms with van der Waals surface area (Å²) in [5.41, 5.74) is 7.12. The quantitative estimate of drug-likeness (QED) is 0.313. The zero-order chi connectivity index (χ0) is 18.4. The molecule has 1 saturated heterocycles. The molecule has 0 aromatic carbocycles. The third kappa shape index (κ3) is 3.34. The van der Waals surface area contributed by atoms with Crippen LogP contribution in [0.25, 0.3) is 0 Å². The van der Waals surface area contributed by atoms with Crippen LogP contribution < -0.4 is 0 Å². The lowest BCUT2D eigenvalue weighted by Gasteiger charge is -2.03. The molecular weight excluding hydrogens is 392 g/mol. The highest BCUT2D eigenvalue weighted by atomic mass is 33.1. The van der Waals surface area contributed by atoms with Gasteiger partial charge in [0.2, 0.25) is 0 Å². The van der Waals surface area contributed by atoms with Gasteiger partial charge < -0.3 is 0 Å². The summed E-state index contributed by atoms with van der Waals surface area (Å²) in [4.78, 5) is 25.9. The molecule has 27 heavy (non-hydrogen) atoms. The highest BCUT2D eigenvalue weighted by molar-refractivity contribution is 8.86. The molecule has 1 heterocycles. The molecule has 0 amide bonds. The van der Waals surface area contributed by atoms with E-state index in [1.807, 2.05) is 0 Å². The van der Waals surface area contributed by atoms with Crippen LogP contribution >= 0.6 is 33.3 Å². The number of carbonyl (C=O) groups excluding carboxylic acids is 2. The summed E-state index contributed by atoms with van der Waals surface area (Å²) in [6, 6.07) is 0. The summed E-state index contributed by atoms with van der Waals surface area (Å²) in [6.45, 7) is 0. The molecule has 0 atom stereocenters. The third-order valence-corrected chi connectivity index (χ3v) is 11.1. The van der Waals surface area contributed by atoms with Crippen LogP contribution in [0.15, 0.2) is 41.9 Å². The van der Waals surface area contributed by atoms with Gasteiger partial charge >= 0.3 is 0 Å². The van der Waals surface area contributed by atoms with Crippen molar-refractivity contribution in [3.8, 4) is 0 Å². The zero-order valence-corrected chi connectivity index (χ0v) is 18.0. The molecule has 0 aromatic heterocycles. The minimum absolute atomic E-state index is 0.306. The first-order chi connectivity index (χ1) is 13.2. The molecule has 0 aromatic rings. The Bertz CT molecular complexity index is 771. The lowest BCUT2D eigenvalue weighted by Crippen LogP contribution is -2.00. The normalized spacial score (nSPS) is 32.1. The van der Waals surface area contributed by atoms with Crippen molar-refractivity contribution in [2.75, 3.05) is 0 Å². The van der Waals surface area contributed by atoms with Gasteiger partial charge in [0, 0.05) is 11.1 Å². The van der Waals surface area contributed by atoms with Gasteiger partial charge in [-0.15, -0.1) is 0 Å². The van der Waals surface area contributed by atoms with Crippen LogP contribution in [0, 0.1) is 0 Å². The fourth-order valence-corrected chi connectivity index (χ4v) is 9.77. The highest BCUT2D eigenvalue weighted by Crippen LogP contribution is 2.61. The Morgan fingerprint density at radius 3 is 1.26 bits per heavy atom. The molecule has 5 rings (SSSR count). The summed E-state index contributed by atoms with van der Waals surface area (Å²) in [6.07, 6.45) is 13.1. The van der Waals surface area contributed by atoms with Crippen molar-refractivity contribution in [1.29, 1.82) is 0 Å². The van der Waals surface area contributed by atoms with Crippen molar-refractivity contribution < 1.29 is 9.59 Å². The lowest BCUT2D eigenvalue weighted by atomic mass is 10.0. The van der Waals surface area contributed by atoms with Crippen LogP contribution in [0.4, 0.5) is 0 Å². The van der Waals surface area contributed by atoms with Crippen molar-refractivity contribution in [2.45, 2.75) is 77.0 Å². The number of hydrogen-bond donors (Lipinski definition) is 0. The molecule has 0 bridgehead atoms. The number of rotatable bonds is 0. The maximum absolute atomic E-state index is 13.0. The van der Waals surface area contributed by atoms with Crippen LogP contribution in [0.1, 0.15) is 77.0 Å². The van der Waals surface area contributed by atoms with Gasteiger partial charge in [0.05, 0.1) is 8.47 Å². The van der Waals surface area contributed by atoms with Crippen LogP contribution in [0.2, 0.25) is 0 Å². The summed E-state index contributed by atoms with van der Waals surface area (Å²) in [5, 5.41) is 0. The number of allylic oxidation sites excluding steroid dienone is 6. The van der Waals surface area contributed by atoms with Crippen molar-refractivity contribution in [1.82, 2.24) is 0 Å². The summed E-state index contributed by atoms with van der Waals surface area (Å²) >= 11 is 1.70. The monoisotopic (exact) mass is 416 g/mol. The summed E-state index contributed by atoms with van der Waals surface area (Å²) in [7, 11) is 3.42. The molecule has 5 fully saturated rings. The van der Waals surface area contributed by atoms with Crippen molar-refractivity contribution in [3.05, 3.63) is 41.9 Å². The fourth-order valence-electron chi connectivity index (χ4n) is 5.01. The van der Waals surface area contributed by atoms with Crippen LogP contribution in [0.5, 0.6) is 0 Å². The van der Waals surface area contributed by atoms with Gasteiger partial charge in [0.15, 0.2) is 11.6 Å². The molecule has 4 aliphatic carbocycles. The molecule has 5 heteroatoms. The van der Waals surface area contributed by atoms with Gasteiger partial charge in [0.1, 0.15) is 0 Å². The smallest absolute Gasteiger partial charge is 0.186 e. The van der Waals surface area contributed by atoms with Crippen LogP contribution in [0.3, 0.4) is 0 Å². The minimum Gasteiger partial charge on any atom is -0.289 e. The maximum Gasteiger partial charge on any atom is 0.186 e. The maximum atomic E-state index is 13.0. The Hall–Kier alpha value is -0.650. The fraction of sp³-hybridized carbons (Fsp3) is 0.545. The summed E-state index contributed by atoms with van der Waals surface area (Å²) in [5.74, 6) is 0.612. The molecule has 0 N–H and O–H groups in total. The Morgan fingerprint density at radius 1 is 0.481 bits per heavy atom. The van der Waals surface area contributed by atoms with E-state index in [-0.39, 0.29) is 0 Å². The predicted octanol–water partition coefficient (Wildman–Crippen LogP) is 7.00. The van der Waals surface area contributed by atoms with E-state index in [0.717, 1.165) is 82.1 Å². The Morgan fingerprint density at radius 2 is 0.852 bits per heavy atom. The molecule has 0 unspecified atom stereocenters. The zero-order valence-electron chi connectivity index (χ0n) is 15.5. The van der Waals surface area contributed by atoms with E-state index in [1.54, 1.807) is 33.3 Å². The van der Waals surface area contributed by atoms with Crippen molar-refractivity contribution in [3.63, 3.8) is 0 Å². The number of carbonyl (C=O) groups is 2. The van der Waals surface area contributed by atoms with E-state index in [9.17, 15) is 9.59 Å². The molecule has 5 aliphatic rings. The first kappa shape index (κ1) is 18.4. The third-order valence-electron chi connectivity index (χ3n) is 6.49. The SMILES string of the molecule is O=C1C(=C2CCCC2)CC/C1=C1/SS/C(=C2/CCC(=C3CCCC3)C2=O)S1. The molecule has 142 valence electrons. The van der Waals surface area contributed by atoms with E-state index in [2.05, 4.69) is 0 Å². The number of thioether (sulfide) groups is 1. The Kier molecular flexibility index (Phi) is 5.20. The lowest BCUT2D eigenvalue weighted by molar-refractivity contribution is -0.112.